The number of furan rings is 1. The first-order chi connectivity index (χ1) is 15.9. The van der Waals surface area contributed by atoms with E-state index in [-0.39, 0.29) is 17.6 Å². The molecular weight excluding hydrogens is 426 g/mol. The molecule has 2 amide bonds. The zero-order valence-electron chi connectivity index (χ0n) is 19.7. The SMILES string of the molecule is CCOc1cc(N2CCOCC2)c(OCC)cc1NC(=O)[C@H](NC(=O)c1ccco1)C(C)C. The van der Waals surface area contributed by atoms with Gasteiger partial charge in [-0.1, -0.05) is 13.8 Å². The first kappa shape index (κ1) is 24.4. The van der Waals surface area contributed by atoms with Crippen LogP contribution in [0.25, 0.3) is 0 Å². The predicted molar refractivity (Wildman–Crippen MR) is 125 cm³/mol. The van der Waals surface area contributed by atoms with Gasteiger partial charge in [0.1, 0.15) is 17.5 Å². The average Bonchev–Trinajstić information content (AvgIpc) is 3.34. The van der Waals surface area contributed by atoms with Crippen molar-refractivity contribution < 1.29 is 28.2 Å². The maximum absolute atomic E-state index is 13.2. The number of ether oxygens (including phenoxy) is 3. The Morgan fingerprint density at radius 3 is 2.39 bits per heavy atom. The number of amides is 2. The number of hydrogen-bond acceptors (Lipinski definition) is 7. The minimum absolute atomic E-state index is 0.150. The second kappa shape index (κ2) is 11.6. The van der Waals surface area contributed by atoms with E-state index in [9.17, 15) is 9.59 Å². The van der Waals surface area contributed by atoms with E-state index in [0.29, 0.717) is 43.6 Å². The zero-order valence-corrected chi connectivity index (χ0v) is 19.7. The van der Waals surface area contributed by atoms with E-state index in [1.54, 1.807) is 18.2 Å². The quantitative estimate of drug-likeness (QED) is 0.562. The number of hydrogen-bond donors (Lipinski definition) is 2. The molecule has 9 heteroatoms. The average molecular weight is 460 g/mol. The van der Waals surface area contributed by atoms with Crippen molar-refractivity contribution in [3.8, 4) is 11.5 Å². The molecule has 1 aromatic heterocycles. The predicted octanol–water partition coefficient (Wildman–Crippen LogP) is 3.31. The molecule has 1 fully saturated rings. The number of carbonyl (C=O) groups is 2. The van der Waals surface area contributed by atoms with Gasteiger partial charge in [-0.2, -0.15) is 0 Å². The summed E-state index contributed by atoms with van der Waals surface area (Å²) in [7, 11) is 0. The maximum Gasteiger partial charge on any atom is 0.287 e. The standard InChI is InChI=1S/C24H33N3O6/c1-5-31-20-15-18(27-9-12-30-13-10-27)21(32-6-2)14-17(20)25-24(29)22(16(3)4)26-23(28)19-8-7-11-33-19/h7-8,11,14-16,22H,5-6,9-10,12-13H2,1-4H3,(H,25,29)(H,26,28)/t22-/m1/s1. The fourth-order valence-electron chi connectivity index (χ4n) is 3.61. The highest BCUT2D eigenvalue weighted by Gasteiger charge is 2.27. The molecule has 1 aliphatic heterocycles. The molecule has 180 valence electrons. The molecule has 2 heterocycles. The summed E-state index contributed by atoms with van der Waals surface area (Å²) < 4.78 is 22.4. The van der Waals surface area contributed by atoms with E-state index in [1.165, 1.54) is 6.26 Å². The van der Waals surface area contributed by atoms with Gasteiger partial charge in [0.15, 0.2) is 5.76 Å². The van der Waals surface area contributed by atoms with Crippen LogP contribution in [0.15, 0.2) is 34.9 Å². The van der Waals surface area contributed by atoms with Crippen molar-refractivity contribution >= 4 is 23.2 Å². The second-order valence-corrected chi connectivity index (χ2v) is 7.94. The van der Waals surface area contributed by atoms with E-state index in [2.05, 4.69) is 15.5 Å². The number of morpholine rings is 1. The number of carbonyl (C=O) groups excluding carboxylic acids is 2. The van der Waals surface area contributed by atoms with Crippen molar-refractivity contribution in [1.82, 2.24) is 5.32 Å². The third-order valence-corrected chi connectivity index (χ3v) is 5.25. The lowest BCUT2D eigenvalue weighted by molar-refractivity contribution is -0.118. The van der Waals surface area contributed by atoms with Crippen molar-refractivity contribution in [3.05, 3.63) is 36.3 Å². The summed E-state index contributed by atoms with van der Waals surface area (Å²) in [5.74, 6) is 0.383. The van der Waals surface area contributed by atoms with Crippen molar-refractivity contribution in [2.75, 3.05) is 49.7 Å². The molecule has 0 unspecified atom stereocenters. The number of nitrogens with one attached hydrogen (secondary N) is 2. The van der Waals surface area contributed by atoms with Crippen LogP contribution in [0.5, 0.6) is 11.5 Å². The van der Waals surface area contributed by atoms with Crippen molar-refractivity contribution in [2.45, 2.75) is 33.7 Å². The van der Waals surface area contributed by atoms with Crippen LogP contribution >= 0.6 is 0 Å². The van der Waals surface area contributed by atoms with E-state index < -0.39 is 11.9 Å². The van der Waals surface area contributed by atoms with Crippen LogP contribution in [-0.4, -0.2) is 57.4 Å². The minimum atomic E-state index is -0.772. The largest absolute Gasteiger partial charge is 0.492 e. The van der Waals surface area contributed by atoms with Crippen LogP contribution in [-0.2, 0) is 9.53 Å². The summed E-state index contributed by atoms with van der Waals surface area (Å²) in [6.45, 7) is 11.2. The second-order valence-electron chi connectivity index (χ2n) is 7.94. The normalized spacial score (nSPS) is 14.6. The van der Waals surface area contributed by atoms with Gasteiger partial charge in [0.2, 0.25) is 5.91 Å². The Bertz CT molecular complexity index is 923. The molecule has 9 nitrogen and oxygen atoms in total. The summed E-state index contributed by atoms with van der Waals surface area (Å²) in [5, 5.41) is 5.68. The Labute approximate surface area is 194 Å². The highest BCUT2D eigenvalue weighted by Crippen LogP contribution is 2.39. The van der Waals surface area contributed by atoms with Gasteiger partial charge >= 0.3 is 0 Å². The minimum Gasteiger partial charge on any atom is -0.492 e. The van der Waals surface area contributed by atoms with E-state index in [4.69, 9.17) is 18.6 Å². The molecule has 2 aromatic rings. The summed E-state index contributed by atoms with van der Waals surface area (Å²) in [5.41, 5.74) is 1.38. The zero-order chi connectivity index (χ0) is 23.8. The molecule has 0 radical (unpaired) electrons. The first-order valence-corrected chi connectivity index (χ1v) is 11.4. The van der Waals surface area contributed by atoms with Gasteiger partial charge in [-0.15, -0.1) is 0 Å². The van der Waals surface area contributed by atoms with E-state index in [1.807, 2.05) is 33.8 Å². The molecule has 0 spiro atoms. The van der Waals surface area contributed by atoms with Crippen LogP contribution < -0.4 is 25.0 Å². The molecule has 0 bridgehead atoms. The molecule has 1 saturated heterocycles. The summed E-state index contributed by atoms with van der Waals surface area (Å²) in [6.07, 6.45) is 1.42. The van der Waals surface area contributed by atoms with Gasteiger partial charge in [0, 0.05) is 25.2 Å². The molecule has 1 aliphatic rings. The lowest BCUT2D eigenvalue weighted by atomic mass is 10.0. The smallest absolute Gasteiger partial charge is 0.287 e. The number of rotatable bonds is 10. The topological polar surface area (TPSA) is 102 Å². The monoisotopic (exact) mass is 459 g/mol. The maximum atomic E-state index is 13.2. The summed E-state index contributed by atoms with van der Waals surface area (Å²) in [4.78, 5) is 27.8. The van der Waals surface area contributed by atoms with Gasteiger partial charge in [0.05, 0.1) is 44.1 Å². The number of benzene rings is 1. The fourth-order valence-corrected chi connectivity index (χ4v) is 3.61. The summed E-state index contributed by atoms with van der Waals surface area (Å²) in [6, 6.07) is 6.08. The van der Waals surface area contributed by atoms with Crippen LogP contribution in [0.4, 0.5) is 11.4 Å². The fraction of sp³-hybridized carbons (Fsp3) is 0.500. The molecule has 1 aromatic carbocycles. The van der Waals surface area contributed by atoms with E-state index in [0.717, 1.165) is 18.8 Å². The molecule has 3 rings (SSSR count). The van der Waals surface area contributed by atoms with Crippen LogP contribution in [0.2, 0.25) is 0 Å². The Hall–Kier alpha value is -3.20. The van der Waals surface area contributed by atoms with Gasteiger partial charge in [0.25, 0.3) is 5.91 Å². The summed E-state index contributed by atoms with van der Waals surface area (Å²) >= 11 is 0. The Morgan fingerprint density at radius 1 is 1.09 bits per heavy atom. The molecule has 0 saturated carbocycles. The highest BCUT2D eigenvalue weighted by molar-refractivity contribution is 6.01. The Morgan fingerprint density at radius 2 is 1.79 bits per heavy atom. The third-order valence-electron chi connectivity index (χ3n) is 5.25. The molecular formula is C24H33N3O6. The molecule has 0 aliphatic carbocycles. The third kappa shape index (κ3) is 6.19. The lowest BCUT2D eigenvalue weighted by Gasteiger charge is -2.31. The van der Waals surface area contributed by atoms with Crippen LogP contribution in [0, 0.1) is 5.92 Å². The molecule has 1 atom stereocenters. The number of anilines is 2. The van der Waals surface area contributed by atoms with Crippen LogP contribution in [0.1, 0.15) is 38.2 Å². The van der Waals surface area contributed by atoms with Crippen molar-refractivity contribution in [3.63, 3.8) is 0 Å². The Balaban J connectivity index is 1.86. The van der Waals surface area contributed by atoms with Gasteiger partial charge in [-0.25, -0.2) is 0 Å². The van der Waals surface area contributed by atoms with E-state index >= 15 is 0 Å². The molecule has 2 N–H and O–H groups in total. The van der Waals surface area contributed by atoms with Gasteiger partial charge in [-0.05, 0) is 31.9 Å². The van der Waals surface area contributed by atoms with Gasteiger partial charge in [-0.3, -0.25) is 9.59 Å². The van der Waals surface area contributed by atoms with Crippen molar-refractivity contribution in [1.29, 1.82) is 0 Å². The highest BCUT2D eigenvalue weighted by atomic mass is 16.5. The Kier molecular flexibility index (Phi) is 8.59. The first-order valence-electron chi connectivity index (χ1n) is 11.4. The lowest BCUT2D eigenvalue weighted by Crippen LogP contribution is -2.47. The van der Waals surface area contributed by atoms with Gasteiger partial charge < -0.3 is 34.2 Å². The molecule has 33 heavy (non-hydrogen) atoms. The number of nitrogens with zero attached hydrogens (tertiary/aromatic N) is 1. The van der Waals surface area contributed by atoms with Crippen LogP contribution in [0.3, 0.4) is 0 Å². The van der Waals surface area contributed by atoms with Crippen molar-refractivity contribution in [2.24, 2.45) is 5.92 Å².